The molecule has 0 aliphatic carbocycles. The molecule has 0 radical (unpaired) electrons. The molecule has 0 aliphatic rings. The van der Waals surface area contributed by atoms with E-state index in [4.69, 9.17) is 24.9 Å². The molecule has 298 valence electrons. The third kappa shape index (κ3) is 6.24. The van der Waals surface area contributed by atoms with Crippen molar-refractivity contribution in [3.8, 4) is 67.7 Å². The summed E-state index contributed by atoms with van der Waals surface area (Å²) >= 11 is 3.65. The Kier molecular flexibility index (Phi) is 8.50. The minimum Gasteiger partial charge on any atom is -0.254 e. The largest absolute Gasteiger partial charge is 0.254 e. The van der Waals surface area contributed by atoms with Gasteiger partial charge in [0, 0.05) is 79.6 Å². The number of hydrogen-bond acceptors (Lipinski definition) is 7. The van der Waals surface area contributed by atoms with E-state index in [2.05, 4.69) is 170 Å². The van der Waals surface area contributed by atoms with Gasteiger partial charge in [0.1, 0.15) is 0 Å². The van der Waals surface area contributed by atoms with Crippen molar-refractivity contribution in [2.45, 2.75) is 0 Å². The molecule has 0 atom stereocenters. The fourth-order valence-corrected chi connectivity index (χ4v) is 11.2. The lowest BCUT2D eigenvalue weighted by atomic mass is 9.92. The van der Waals surface area contributed by atoms with Crippen molar-refractivity contribution < 1.29 is 0 Å². The molecule has 13 rings (SSSR count). The number of aromatic nitrogens is 5. The van der Waals surface area contributed by atoms with Gasteiger partial charge < -0.3 is 0 Å². The molecule has 13 aromatic rings. The van der Waals surface area contributed by atoms with Crippen molar-refractivity contribution in [3.05, 3.63) is 200 Å². The molecule has 0 amide bonds. The molecule has 64 heavy (non-hydrogen) atoms. The van der Waals surface area contributed by atoms with Crippen LogP contribution in [0.25, 0.3) is 130 Å². The summed E-state index contributed by atoms with van der Waals surface area (Å²) in [5, 5.41) is 7.13. The molecule has 0 saturated carbocycles. The smallest absolute Gasteiger partial charge is 0.164 e. The quantitative estimate of drug-likeness (QED) is 0.156. The Morgan fingerprint density at radius 1 is 0.312 bits per heavy atom. The molecule has 0 bridgehead atoms. The monoisotopic (exact) mass is 851 g/mol. The van der Waals surface area contributed by atoms with E-state index in [0.29, 0.717) is 17.5 Å². The Bertz CT molecular complexity index is 3970. The zero-order chi connectivity index (χ0) is 42.1. The summed E-state index contributed by atoms with van der Waals surface area (Å²) in [4.78, 5) is 25.3. The molecule has 5 nitrogen and oxygen atoms in total. The maximum atomic E-state index is 5.31. The highest BCUT2D eigenvalue weighted by molar-refractivity contribution is 7.26. The summed E-state index contributed by atoms with van der Waals surface area (Å²) in [6.07, 6.45) is 1.84. The second kappa shape index (κ2) is 14.8. The zero-order valence-corrected chi connectivity index (χ0v) is 35.7. The molecule has 0 unspecified atom stereocenters. The summed E-state index contributed by atoms with van der Waals surface area (Å²) < 4.78 is 5.06. The van der Waals surface area contributed by atoms with E-state index in [1.165, 1.54) is 45.9 Å². The fraction of sp³-hybridized carbons (Fsp3) is 0. The van der Waals surface area contributed by atoms with E-state index < -0.39 is 0 Å². The van der Waals surface area contributed by atoms with Crippen LogP contribution in [0.3, 0.4) is 0 Å². The minimum atomic E-state index is 0.623. The first kappa shape index (κ1) is 36.7. The van der Waals surface area contributed by atoms with Crippen LogP contribution < -0.4 is 0 Å². The molecule has 8 aromatic carbocycles. The summed E-state index contributed by atoms with van der Waals surface area (Å²) in [6, 6.07) is 68.7. The number of fused-ring (bicyclic) bond motifs is 9. The summed E-state index contributed by atoms with van der Waals surface area (Å²) in [5.74, 6) is 1.90. The molecular formula is C57H33N5S2. The van der Waals surface area contributed by atoms with Crippen molar-refractivity contribution in [1.29, 1.82) is 0 Å². The van der Waals surface area contributed by atoms with Crippen molar-refractivity contribution in [2.75, 3.05) is 0 Å². The second-order valence-electron chi connectivity index (χ2n) is 16.0. The molecular weight excluding hydrogens is 819 g/mol. The van der Waals surface area contributed by atoms with Crippen molar-refractivity contribution in [1.82, 2.24) is 24.9 Å². The van der Waals surface area contributed by atoms with Crippen LogP contribution in [-0.2, 0) is 0 Å². The zero-order valence-electron chi connectivity index (χ0n) is 34.1. The normalized spacial score (nSPS) is 11.8. The highest BCUT2D eigenvalue weighted by atomic mass is 32.1. The maximum absolute atomic E-state index is 5.31. The van der Waals surface area contributed by atoms with Gasteiger partial charge in [0.25, 0.3) is 0 Å². The molecule has 0 fully saturated rings. The van der Waals surface area contributed by atoms with E-state index in [1.807, 2.05) is 41.8 Å². The first-order valence-corrected chi connectivity index (χ1v) is 22.8. The Morgan fingerprint density at radius 3 is 1.73 bits per heavy atom. The number of hydrogen-bond donors (Lipinski definition) is 0. The van der Waals surface area contributed by atoms with Crippen LogP contribution in [0, 0.1) is 0 Å². The second-order valence-corrected chi connectivity index (χ2v) is 18.2. The van der Waals surface area contributed by atoms with Crippen molar-refractivity contribution >= 4 is 84.8 Å². The lowest BCUT2D eigenvalue weighted by molar-refractivity contribution is 1.07. The highest BCUT2D eigenvalue weighted by Gasteiger charge is 2.17. The van der Waals surface area contributed by atoms with E-state index in [9.17, 15) is 0 Å². The number of thiophene rings is 2. The first-order chi connectivity index (χ1) is 31.7. The van der Waals surface area contributed by atoms with Crippen LogP contribution >= 0.6 is 22.7 Å². The summed E-state index contributed by atoms with van der Waals surface area (Å²) in [5.41, 5.74) is 11.0. The Hall–Kier alpha value is -7.97. The lowest BCUT2D eigenvalue weighted by Gasteiger charge is -2.13. The van der Waals surface area contributed by atoms with Crippen LogP contribution in [0.4, 0.5) is 0 Å². The molecule has 5 aromatic heterocycles. The number of pyridine rings is 2. The van der Waals surface area contributed by atoms with Crippen LogP contribution in [0.2, 0.25) is 0 Å². The van der Waals surface area contributed by atoms with Crippen molar-refractivity contribution in [2.24, 2.45) is 0 Å². The lowest BCUT2D eigenvalue weighted by Crippen LogP contribution is -2.00. The van der Waals surface area contributed by atoms with E-state index >= 15 is 0 Å². The Labute approximate surface area is 375 Å². The van der Waals surface area contributed by atoms with Crippen LogP contribution in [0.5, 0.6) is 0 Å². The van der Waals surface area contributed by atoms with Gasteiger partial charge in [-0.05, 0) is 89.0 Å². The molecule has 0 spiro atoms. The van der Waals surface area contributed by atoms with Gasteiger partial charge in [0.2, 0.25) is 0 Å². The van der Waals surface area contributed by atoms with Gasteiger partial charge in [0.05, 0.1) is 16.7 Å². The average Bonchev–Trinajstić information content (AvgIpc) is 3.94. The third-order valence-corrected chi connectivity index (χ3v) is 14.4. The third-order valence-electron chi connectivity index (χ3n) is 12.2. The maximum Gasteiger partial charge on any atom is 0.164 e. The van der Waals surface area contributed by atoms with Crippen LogP contribution in [0.15, 0.2) is 200 Å². The van der Waals surface area contributed by atoms with Crippen LogP contribution in [0.1, 0.15) is 0 Å². The predicted octanol–water partition coefficient (Wildman–Crippen LogP) is 15.7. The Morgan fingerprint density at radius 2 is 0.906 bits per heavy atom. The van der Waals surface area contributed by atoms with E-state index in [1.54, 1.807) is 11.3 Å². The van der Waals surface area contributed by atoms with Gasteiger partial charge in [0.15, 0.2) is 17.5 Å². The predicted molar refractivity (Wildman–Crippen MR) is 269 cm³/mol. The summed E-state index contributed by atoms with van der Waals surface area (Å²) in [7, 11) is 0. The standard InChI is InChI=1S/C57H33N5S2/c1-2-10-37(11-3-1)55-60-56(62-57(61-55)39-26-28-50-46(33-39)44-13-4-6-16-48(44)63-50)38-23-19-34(20-24-38)40-30-41(43-15-8-18-51-52(43)45-14-5-7-17-49(45)64-51)32-42(31-40)47-27-25-36-22-21-35-12-9-29-58-53(35)54(36)59-47/h1-33H. The van der Waals surface area contributed by atoms with E-state index in [-0.39, 0.29) is 0 Å². The number of rotatable bonds is 6. The van der Waals surface area contributed by atoms with E-state index in [0.717, 1.165) is 66.4 Å². The van der Waals surface area contributed by atoms with Gasteiger partial charge in [-0.25, -0.2) is 19.9 Å². The van der Waals surface area contributed by atoms with Crippen molar-refractivity contribution in [3.63, 3.8) is 0 Å². The van der Waals surface area contributed by atoms with Gasteiger partial charge in [-0.3, -0.25) is 4.98 Å². The van der Waals surface area contributed by atoms with Gasteiger partial charge in [-0.1, -0.05) is 127 Å². The molecule has 5 heterocycles. The van der Waals surface area contributed by atoms with Crippen LogP contribution in [-0.4, -0.2) is 24.9 Å². The van der Waals surface area contributed by atoms with Gasteiger partial charge in [-0.2, -0.15) is 0 Å². The molecule has 7 heteroatoms. The fourth-order valence-electron chi connectivity index (χ4n) is 9.02. The molecule has 0 saturated heterocycles. The van der Waals surface area contributed by atoms with Gasteiger partial charge in [-0.15, -0.1) is 22.7 Å². The Balaban J connectivity index is 0.958. The number of nitrogens with zero attached hydrogens (tertiary/aromatic N) is 5. The highest BCUT2D eigenvalue weighted by Crippen LogP contribution is 2.43. The SMILES string of the molecule is c1ccc(-c2nc(-c3ccc(-c4cc(-c5ccc6ccc7cccnc7c6n5)cc(-c5cccc6sc7ccccc7c56)c4)cc3)nc(-c3ccc4sc5ccccc5c4c3)n2)cc1. The average molecular weight is 852 g/mol. The topological polar surface area (TPSA) is 64.5 Å². The first-order valence-electron chi connectivity index (χ1n) is 21.2. The molecule has 0 aliphatic heterocycles. The minimum absolute atomic E-state index is 0.623. The van der Waals surface area contributed by atoms with Gasteiger partial charge >= 0.3 is 0 Å². The summed E-state index contributed by atoms with van der Waals surface area (Å²) in [6.45, 7) is 0. The molecule has 0 N–H and O–H groups in total. The number of benzene rings is 8.